The lowest BCUT2D eigenvalue weighted by atomic mass is 10.0. The van der Waals surface area contributed by atoms with E-state index in [-0.39, 0.29) is 6.04 Å². The molecular formula is C17H23N3O. The fourth-order valence-corrected chi connectivity index (χ4v) is 2.16. The summed E-state index contributed by atoms with van der Waals surface area (Å²) >= 11 is 0. The maximum atomic E-state index is 5.91. The van der Waals surface area contributed by atoms with Gasteiger partial charge in [-0.2, -0.15) is 0 Å². The van der Waals surface area contributed by atoms with Crippen LogP contribution in [0.4, 0.5) is 0 Å². The Bertz CT molecular complexity index is 557. The van der Waals surface area contributed by atoms with Crippen LogP contribution in [0.5, 0.6) is 5.75 Å². The summed E-state index contributed by atoms with van der Waals surface area (Å²) in [5, 5.41) is 3.50. The van der Waals surface area contributed by atoms with Crippen molar-refractivity contribution in [1.82, 2.24) is 15.3 Å². The van der Waals surface area contributed by atoms with E-state index in [9.17, 15) is 0 Å². The number of hydrogen-bond donors (Lipinski definition) is 1. The monoisotopic (exact) mass is 285 g/mol. The molecule has 2 aromatic rings. The van der Waals surface area contributed by atoms with Gasteiger partial charge < -0.3 is 10.1 Å². The van der Waals surface area contributed by atoms with Crippen LogP contribution in [0.1, 0.15) is 43.3 Å². The normalized spacial score (nSPS) is 12.1. The molecule has 0 aliphatic heterocycles. The van der Waals surface area contributed by atoms with Gasteiger partial charge in [-0.25, -0.2) is 9.97 Å². The molecule has 0 saturated heterocycles. The molecule has 0 aliphatic carbocycles. The first-order valence-corrected chi connectivity index (χ1v) is 7.43. The van der Waals surface area contributed by atoms with Crippen LogP contribution in [0.15, 0.2) is 36.7 Å². The molecule has 21 heavy (non-hydrogen) atoms. The fourth-order valence-electron chi connectivity index (χ4n) is 2.16. The highest BCUT2D eigenvalue weighted by Crippen LogP contribution is 2.27. The lowest BCUT2D eigenvalue weighted by Crippen LogP contribution is -2.20. The number of rotatable bonds is 7. The van der Waals surface area contributed by atoms with Gasteiger partial charge in [0.15, 0.2) is 5.82 Å². The molecule has 1 N–H and O–H groups in total. The Morgan fingerprint density at radius 2 is 2.00 bits per heavy atom. The van der Waals surface area contributed by atoms with E-state index in [1.807, 2.05) is 6.07 Å². The second-order valence-corrected chi connectivity index (χ2v) is 5.17. The van der Waals surface area contributed by atoms with Crippen molar-refractivity contribution in [2.75, 3.05) is 6.54 Å². The molecule has 0 saturated carbocycles. The van der Waals surface area contributed by atoms with Crippen LogP contribution in [0, 0.1) is 6.92 Å². The van der Waals surface area contributed by atoms with Crippen molar-refractivity contribution >= 4 is 0 Å². The zero-order valence-corrected chi connectivity index (χ0v) is 13.0. The molecule has 0 aliphatic rings. The minimum atomic E-state index is 0.261. The fraction of sp³-hybridized carbons (Fsp3) is 0.412. The Balaban J connectivity index is 2.11. The molecule has 1 heterocycles. The highest BCUT2D eigenvalue weighted by atomic mass is 16.5. The number of benzene rings is 1. The van der Waals surface area contributed by atoms with Gasteiger partial charge in [-0.1, -0.05) is 24.6 Å². The molecule has 1 unspecified atom stereocenters. The summed E-state index contributed by atoms with van der Waals surface area (Å²) in [5.41, 5.74) is 2.41. The number of aromatic nitrogens is 2. The summed E-state index contributed by atoms with van der Waals surface area (Å²) in [7, 11) is 0. The van der Waals surface area contributed by atoms with Gasteiger partial charge in [0.1, 0.15) is 12.4 Å². The Kier molecular flexibility index (Phi) is 5.69. The van der Waals surface area contributed by atoms with Crippen molar-refractivity contribution in [3.63, 3.8) is 0 Å². The van der Waals surface area contributed by atoms with Gasteiger partial charge in [-0.15, -0.1) is 0 Å². The molecule has 0 spiro atoms. The Morgan fingerprint density at radius 1 is 1.24 bits per heavy atom. The van der Waals surface area contributed by atoms with E-state index in [2.05, 4.69) is 48.2 Å². The summed E-state index contributed by atoms with van der Waals surface area (Å²) in [6.07, 6.45) is 4.57. The first-order chi connectivity index (χ1) is 10.2. The second-order valence-electron chi connectivity index (χ2n) is 5.17. The summed E-state index contributed by atoms with van der Waals surface area (Å²) in [6, 6.07) is 8.33. The molecule has 4 heteroatoms. The van der Waals surface area contributed by atoms with Crippen molar-refractivity contribution in [2.24, 2.45) is 0 Å². The standard InChI is InChI=1S/C17H23N3O/c1-4-8-18-14(3)15-11-13(2)6-7-16(15)21-12-17-19-9-5-10-20-17/h5-7,9-11,14,18H,4,8,12H2,1-3H3. The highest BCUT2D eigenvalue weighted by Gasteiger charge is 2.12. The molecular weight excluding hydrogens is 262 g/mol. The number of aryl methyl sites for hydroxylation is 1. The minimum absolute atomic E-state index is 0.261. The number of ether oxygens (including phenoxy) is 1. The van der Waals surface area contributed by atoms with E-state index in [1.165, 1.54) is 11.1 Å². The maximum absolute atomic E-state index is 5.91. The van der Waals surface area contributed by atoms with Crippen molar-refractivity contribution in [2.45, 2.75) is 39.8 Å². The zero-order chi connectivity index (χ0) is 15.1. The lowest BCUT2D eigenvalue weighted by Gasteiger charge is -2.18. The molecule has 0 radical (unpaired) electrons. The highest BCUT2D eigenvalue weighted by molar-refractivity contribution is 5.39. The average Bonchev–Trinajstić information content (AvgIpc) is 2.52. The Hall–Kier alpha value is -1.94. The molecule has 1 atom stereocenters. The summed E-state index contributed by atoms with van der Waals surface area (Å²) in [4.78, 5) is 8.37. The van der Waals surface area contributed by atoms with Gasteiger partial charge in [0.2, 0.25) is 0 Å². The predicted octanol–water partition coefficient (Wildman–Crippen LogP) is 3.42. The minimum Gasteiger partial charge on any atom is -0.485 e. The van der Waals surface area contributed by atoms with E-state index in [0.29, 0.717) is 12.4 Å². The molecule has 1 aromatic carbocycles. The number of hydrogen-bond acceptors (Lipinski definition) is 4. The third-order valence-electron chi connectivity index (χ3n) is 3.31. The summed E-state index contributed by atoms with van der Waals surface area (Å²) in [5.74, 6) is 1.59. The molecule has 4 nitrogen and oxygen atoms in total. The second kappa shape index (κ2) is 7.74. The van der Waals surface area contributed by atoms with Crippen molar-refractivity contribution in [3.05, 3.63) is 53.6 Å². The summed E-state index contributed by atoms with van der Waals surface area (Å²) < 4.78 is 5.91. The van der Waals surface area contributed by atoms with Crippen LogP contribution in [0.2, 0.25) is 0 Å². The van der Waals surface area contributed by atoms with Crippen molar-refractivity contribution in [3.8, 4) is 5.75 Å². The van der Waals surface area contributed by atoms with Crippen LogP contribution in [0.25, 0.3) is 0 Å². The molecule has 1 aromatic heterocycles. The van der Waals surface area contributed by atoms with E-state index in [0.717, 1.165) is 18.7 Å². The predicted molar refractivity (Wildman–Crippen MR) is 84.3 cm³/mol. The zero-order valence-electron chi connectivity index (χ0n) is 13.0. The van der Waals surface area contributed by atoms with E-state index < -0.39 is 0 Å². The molecule has 0 bridgehead atoms. The third-order valence-corrected chi connectivity index (χ3v) is 3.31. The largest absolute Gasteiger partial charge is 0.485 e. The molecule has 0 fully saturated rings. The van der Waals surface area contributed by atoms with Gasteiger partial charge in [0, 0.05) is 24.0 Å². The van der Waals surface area contributed by atoms with Crippen molar-refractivity contribution < 1.29 is 4.74 Å². The smallest absolute Gasteiger partial charge is 0.166 e. The molecule has 112 valence electrons. The van der Waals surface area contributed by atoms with Gasteiger partial charge in [-0.05, 0) is 38.9 Å². The number of nitrogens with one attached hydrogen (secondary N) is 1. The molecule has 2 rings (SSSR count). The Morgan fingerprint density at radius 3 is 2.71 bits per heavy atom. The maximum Gasteiger partial charge on any atom is 0.166 e. The van der Waals surface area contributed by atoms with Gasteiger partial charge in [-0.3, -0.25) is 0 Å². The topological polar surface area (TPSA) is 47.0 Å². The van der Waals surface area contributed by atoms with E-state index >= 15 is 0 Å². The first kappa shape index (κ1) is 15.4. The van der Waals surface area contributed by atoms with Gasteiger partial charge in [0.05, 0.1) is 0 Å². The van der Waals surface area contributed by atoms with Crippen molar-refractivity contribution in [1.29, 1.82) is 0 Å². The quantitative estimate of drug-likeness (QED) is 0.846. The van der Waals surface area contributed by atoms with Gasteiger partial charge in [0.25, 0.3) is 0 Å². The van der Waals surface area contributed by atoms with Crippen LogP contribution in [-0.4, -0.2) is 16.5 Å². The van der Waals surface area contributed by atoms with Crippen LogP contribution in [-0.2, 0) is 6.61 Å². The van der Waals surface area contributed by atoms with E-state index in [4.69, 9.17) is 4.74 Å². The first-order valence-electron chi connectivity index (χ1n) is 7.43. The Labute approximate surface area is 126 Å². The van der Waals surface area contributed by atoms with E-state index in [1.54, 1.807) is 18.5 Å². The van der Waals surface area contributed by atoms with Crippen LogP contribution < -0.4 is 10.1 Å². The number of nitrogens with zero attached hydrogens (tertiary/aromatic N) is 2. The summed E-state index contributed by atoms with van der Waals surface area (Å²) in [6.45, 7) is 7.81. The SMILES string of the molecule is CCCNC(C)c1cc(C)ccc1OCc1ncccn1. The third kappa shape index (κ3) is 4.53. The van der Waals surface area contributed by atoms with Gasteiger partial charge >= 0.3 is 0 Å². The van der Waals surface area contributed by atoms with Crippen LogP contribution in [0.3, 0.4) is 0 Å². The lowest BCUT2D eigenvalue weighted by molar-refractivity contribution is 0.289. The molecule has 0 amide bonds. The average molecular weight is 285 g/mol. The van der Waals surface area contributed by atoms with Crippen LogP contribution >= 0.6 is 0 Å².